The van der Waals surface area contributed by atoms with Crippen LogP contribution in [0.2, 0.25) is 0 Å². The van der Waals surface area contributed by atoms with E-state index in [1.165, 1.54) is 0 Å². The number of nitrogens with zero attached hydrogens (tertiary/aromatic N) is 3. The minimum absolute atomic E-state index is 0.502. The van der Waals surface area contributed by atoms with Gasteiger partial charge in [0, 0.05) is 6.54 Å². The lowest BCUT2D eigenvalue weighted by Crippen LogP contribution is -2.45. The maximum absolute atomic E-state index is 5.06. The second-order valence-corrected chi connectivity index (χ2v) is 3.11. The third-order valence-corrected chi connectivity index (χ3v) is 2.18. The molecule has 0 amide bonds. The van der Waals surface area contributed by atoms with Gasteiger partial charge in [0.15, 0.2) is 0 Å². The highest BCUT2D eigenvalue weighted by Gasteiger charge is 2.17. The molecule has 1 aliphatic rings. The number of hydrogen-bond donors (Lipinski definition) is 1. The maximum Gasteiger partial charge on any atom is 0.140 e. The Kier molecular flexibility index (Phi) is 2.56. The molecule has 1 saturated heterocycles. The van der Waals surface area contributed by atoms with E-state index in [0.717, 1.165) is 32.1 Å². The number of ether oxygens (including phenoxy) is 1. The Labute approximate surface area is 77.1 Å². The Bertz CT molecular complexity index is 269. The Morgan fingerprint density at radius 3 is 3.15 bits per heavy atom. The summed E-state index contributed by atoms with van der Waals surface area (Å²) in [6, 6.07) is 0.502. The molecule has 0 atom stereocenters. The number of aryl methyl sites for hydroxylation is 1. The Morgan fingerprint density at radius 2 is 2.54 bits per heavy atom. The third kappa shape index (κ3) is 1.87. The number of nitrogens with one attached hydrogen (secondary N) is 1. The van der Waals surface area contributed by atoms with Crippen LogP contribution in [0.5, 0.6) is 0 Å². The Morgan fingerprint density at radius 1 is 1.69 bits per heavy atom. The highest BCUT2D eigenvalue weighted by Crippen LogP contribution is 2.01. The van der Waals surface area contributed by atoms with Crippen molar-refractivity contribution < 1.29 is 4.74 Å². The lowest BCUT2D eigenvalue weighted by Gasteiger charge is -2.26. The number of aromatic nitrogens is 3. The molecule has 1 N–H and O–H groups in total. The zero-order valence-corrected chi connectivity index (χ0v) is 7.73. The van der Waals surface area contributed by atoms with E-state index in [1.807, 2.05) is 4.68 Å². The molecular formula is C8H14N4O. The first-order valence-corrected chi connectivity index (χ1v) is 4.58. The fraction of sp³-hybridized carbons (Fsp3) is 0.750. The van der Waals surface area contributed by atoms with Crippen LogP contribution < -0.4 is 5.32 Å². The molecule has 2 heterocycles. The number of hydrogen-bond acceptors (Lipinski definition) is 4. The van der Waals surface area contributed by atoms with Gasteiger partial charge in [0.25, 0.3) is 0 Å². The molecule has 13 heavy (non-hydrogen) atoms. The normalized spacial score (nSPS) is 17.3. The van der Waals surface area contributed by atoms with E-state index < -0.39 is 0 Å². The molecule has 2 rings (SSSR count). The summed E-state index contributed by atoms with van der Waals surface area (Å²) in [6.45, 7) is 5.35. The van der Waals surface area contributed by atoms with Gasteiger partial charge in [-0.1, -0.05) is 0 Å². The van der Waals surface area contributed by atoms with Crippen LogP contribution in [0.1, 0.15) is 12.7 Å². The van der Waals surface area contributed by atoms with Crippen LogP contribution in [0.4, 0.5) is 0 Å². The molecule has 1 aromatic rings. The van der Waals surface area contributed by atoms with Gasteiger partial charge in [-0.25, -0.2) is 9.67 Å². The second kappa shape index (κ2) is 3.85. The van der Waals surface area contributed by atoms with Crippen molar-refractivity contribution in [1.29, 1.82) is 0 Å². The highest BCUT2D eigenvalue weighted by atomic mass is 16.5. The van der Waals surface area contributed by atoms with Crippen molar-refractivity contribution in [2.24, 2.45) is 0 Å². The monoisotopic (exact) mass is 182 g/mol. The molecular weight excluding hydrogens is 168 g/mol. The van der Waals surface area contributed by atoms with Crippen LogP contribution in [0.15, 0.2) is 6.33 Å². The average molecular weight is 182 g/mol. The summed E-state index contributed by atoms with van der Waals surface area (Å²) in [4.78, 5) is 4.17. The summed E-state index contributed by atoms with van der Waals surface area (Å²) in [7, 11) is 0. The van der Waals surface area contributed by atoms with Gasteiger partial charge in [-0.2, -0.15) is 5.10 Å². The van der Waals surface area contributed by atoms with Crippen molar-refractivity contribution in [3.05, 3.63) is 12.2 Å². The van der Waals surface area contributed by atoms with Crippen molar-refractivity contribution in [3.63, 3.8) is 0 Å². The zero-order chi connectivity index (χ0) is 9.10. The van der Waals surface area contributed by atoms with Gasteiger partial charge in [-0.15, -0.1) is 0 Å². The van der Waals surface area contributed by atoms with Crippen LogP contribution in [-0.2, 0) is 17.8 Å². The summed E-state index contributed by atoms with van der Waals surface area (Å²) in [6.07, 6.45) is 1.60. The van der Waals surface area contributed by atoms with E-state index in [2.05, 4.69) is 22.3 Å². The second-order valence-electron chi connectivity index (χ2n) is 3.11. The molecule has 0 unspecified atom stereocenters. The smallest absolute Gasteiger partial charge is 0.140 e. The van der Waals surface area contributed by atoms with Gasteiger partial charge >= 0.3 is 0 Å². The van der Waals surface area contributed by atoms with Gasteiger partial charge in [0.05, 0.1) is 25.8 Å². The molecule has 0 radical (unpaired) electrons. The quantitative estimate of drug-likeness (QED) is 0.700. The van der Waals surface area contributed by atoms with Crippen molar-refractivity contribution in [2.75, 3.05) is 13.2 Å². The van der Waals surface area contributed by atoms with E-state index in [-0.39, 0.29) is 0 Å². The highest BCUT2D eigenvalue weighted by molar-refractivity contribution is 4.85. The van der Waals surface area contributed by atoms with Crippen molar-refractivity contribution >= 4 is 0 Å². The largest absolute Gasteiger partial charge is 0.378 e. The van der Waals surface area contributed by atoms with Crippen molar-refractivity contribution in [1.82, 2.24) is 20.1 Å². The summed E-state index contributed by atoms with van der Waals surface area (Å²) >= 11 is 0. The lowest BCUT2D eigenvalue weighted by atomic mass is 10.2. The van der Waals surface area contributed by atoms with E-state index in [4.69, 9.17) is 4.74 Å². The molecule has 1 aromatic heterocycles. The van der Waals surface area contributed by atoms with Gasteiger partial charge in [-0.3, -0.25) is 0 Å². The van der Waals surface area contributed by atoms with Crippen molar-refractivity contribution in [3.8, 4) is 0 Å². The van der Waals surface area contributed by atoms with E-state index in [1.54, 1.807) is 6.33 Å². The molecule has 0 bridgehead atoms. The molecule has 0 aliphatic carbocycles. The van der Waals surface area contributed by atoms with E-state index in [9.17, 15) is 0 Å². The molecule has 5 nitrogen and oxygen atoms in total. The standard InChI is InChI=1S/C8H14N4O/c1-2-12-8(10-6-11-12)3-9-7-4-13-5-7/h6-7,9H,2-5H2,1H3. The molecule has 72 valence electrons. The first-order chi connectivity index (χ1) is 6.40. The third-order valence-electron chi connectivity index (χ3n) is 2.18. The predicted molar refractivity (Wildman–Crippen MR) is 47.1 cm³/mol. The fourth-order valence-electron chi connectivity index (χ4n) is 1.28. The first-order valence-electron chi connectivity index (χ1n) is 4.58. The van der Waals surface area contributed by atoms with Gasteiger partial charge in [0.2, 0.25) is 0 Å². The van der Waals surface area contributed by atoms with Crippen LogP contribution in [0, 0.1) is 0 Å². The van der Waals surface area contributed by atoms with Crippen LogP contribution in [0.25, 0.3) is 0 Å². The fourth-order valence-corrected chi connectivity index (χ4v) is 1.28. The van der Waals surface area contributed by atoms with E-state index >= 15 is 0 Å². The van der Waals surface area contributed by atoms with Gasteiger partial charge in [0.1, 0.15) is 12.2 Å². The molecule has 1 aliphatic heterocycles. The molecule has 0 saturated carbocycles. The van der Waals surface area contributed by atoms with E-state index in [0.29, 0.717) is 6.04 Å². The summed E-state index contributed by atoms with van der Waals surface area (Å²) in [5.74, 6) is 0.995. The lowest BCUT2D eigenvalue weighted by molar-refractivity contribution is -0.00617. The summed E-state index contributed by atoms with van der Waals surface area (Å²) < 4.78 is 6.95. The number of rotatable bonds is 4. The zero-order valence-electron chi connectivity index (χ0n) is 7.73. The Balaban J connectivity index is 1.85. The Hall–Kier alpha value is -0.940. The van der Waals surface area contributed by atoms with Crippen LogP contribution >= 0.6 is 0 Å². The van der Waals surface area contributed by atoms with Crippen LogP contribution in [-0.4, -0.2) is 34.0 Å². The molecule has 0 aromatic carbocycles. The SMILES string of the molecule is CCn1ncnc1CNC1COC1. The van der Waals surface area contributed by atoms with Gasteiger partial charge in [-0.05, 0) is 6.92 Å². The first kappa shape index (κ1) is 8.65. The minimum Gasteiger partial charge on any atom is -0.378 e. The molecule has 0 spiro atoms. The topological polar surface area (TPSA) is 52.0 Å². The summed E-state index contributed by atoms with van der Waals surface area (Å²) in [5, 5.41) is 7.44. The minimum atomic E-state index is 0.502. The molecule has 1 fully saturated rings. The van der Waals surface area contributed by atoms with Crippen molar-refractivity contribution in [2.45, 2.75) is 26.1 Å². The predicted octanol–water partition coefficient (Wildman–Crippen LogP) is -0.214. The molecule has 5 heteroatoms. The van der Waals surface area contributed by atoms with Gasteiger partial charge < -0.3 is 10.1 Å². The summed E-state index contributed by atoms with van der Waals surface area (Å²) in [5.41, 5.74) is 0. The average Bonchev–Trinajstić information content (AvgIpc) is 2.49. The maximum atomic E-state index is 5.06. The van der Waals surface area contributed by atoms with Crippen LogP contribution in [0.3, 0.4) is 0 Å².